The quantitative estimate of drug-likeness (QED) is 0.178. The number of nitrogens with zero attached hydrogens (tertiary/aromatic N) is 5. The molecular weight excluding hydrogens is 683 g/mol. The van der Waals surface area contributed by atoms with Gasteiger partial charge >= 0.3 is 0 Å². The van der Waals surface area contributed by atoms with E-state index < -0.39 is 0 Å². The minimum atomic E-state index is 0.620. The van der Waals surface area contributed by atoms with Crippen molar-refractivity contribution in [1.29, 1.82) is 0 Å². The van der Waals surface area contributed by atoms with Crippen LogP contribution in [0, 0.1) is 0 Å². The van der Waals surface area contributed by atoms with Crippen molar-refractivity contribution < 1.29 is 0 Å². The number of rotatable bonds is 5. The summed E-state index contributed by atoms with van der Waals surface area (Å²) in [6.45, 7) is 0. The molecule has 12 aromatic rings. The van der Waals surface area contributed by atoms with Crippen LogP contribution in [0.3, 0.4) is 0 Å². The number of aromatic nitrogens is 5. The fourth-order valence-electron chi connectivity index (χ4n) is 8.89. The normalized spacial score (nSPS) is 11.9. The first-order valence-electron chi connectivity index (χ1n) is 19.0. The molecule has 4 aromatic heterocycles. The first-order chi connectivity index (χ1) is 27.8. The minimum absolute atomic E-state index is 0.620. The largest absolute Gasteiger partial charge is 0.308 e. The van der Waals surface area contributed by atoms with Crippen LogP contribution in [0.15, 0.2) is 188 Å². The Bertz CT molecular complexity index is 3450. The molecule has 0 atom stereocenters. The zero-order valence-electron chi connectivity index (χ0n) is 30.1. The second kappa shape index (κ2) is 11.9. The third-order valence-corrected chi connectivity index (χ3v) is 11.3. The van der Waals surface area contributed by atoms with Crippen LogP contribution in [0.5, 0.6) is 0 Å². The van der Waals surface area contributed by atoms with Gasteiger partial charge in [0.25, 0.3) is 0 Å². The Morgan fingerprint density at radius 2 is 0.786 bits per heavy atom. The average molecular weight is 714 g/mol. The molecule has 0 spiro atoms. The van der Waals surface area contributed by atoms with Gasteiger partial charge in [-0.1, -0.05) is 152 Å². The summed E-state index contributed by atoms with van der Waals surface area (Å²) in [7, 11) is 0. The van der Waals surface area contributed by atoms with E-state index in [2.05, 4.69) is 173 Å². The standard InChI is InChI=1S/C51H31N5/c1-3-14-32(15-4-1)33-28-30-35(31-29-33)50-52-49(34-16-5-2-6-17-34)53-51(54-50)40-19-8-10-24-42(40)55-43-25-12-20-37-39-22-11-21-38-36-18-7-9-23-41(36)56(48(38)39)45-27-13-26-44(55)47(45)46(37)43/h1-31H. The molecule has 12 rings (SSSR count). The van der Waals surface area contributed by atoms with Crippen molar-refractivity contribution in [3.63, 3.8) is 0 Å². The van der Waals surface area contributed by atoms with Crippen molar-refractivity contribution in [2.24, 2.45) is 0 Å². The fourth-order valence-corrected chi connectivity index (χ4v) is 8.89. The summed E-state index contributed by atoms with van der Waals surface area (Å²) in [6.07, 6.45) is 0. The van der Waals surface area contributed by atoms with E-state index in [0.29, 0.717) is 17.5 Å². The molecule has 4 heterocycles. The van der Waals surface area contributed by atoms with Crippen LogP contribution in [0.25, 0.3) is 111 Å². The molecular formula is C51H31N5. The van der Waals surface area contributed by atoms with Gasteiger partial charge in [-0.2, -0.15) is 0 Å². The Hall–Kier alpha value is -7.63. The lowest BCUT2D eigenvalue weighted by molar-refractivity contribution is 1.06. The van der Waals surface area contributed by atoms with Crippen molar-refractivity contribution in [2.45, 2.75) is 0 Å². The van der Waals surface area contributed by atoms with Gasteiger partial charge in [-0.25, -0.2) is 15.0 Å². The number of hydrogen-bond donors (Lipinski definition) is 0. The highest BCUT2D eigenvalue weighted by atomic mass is 15.1. The maximum Gasteiger partial charge on any atom is 0.166 e. The van der Waals surface area contributed by atoms with E-state index in [1.54, 1.807) is 0 Å². The molecule has 56 heavy (non-hydrogen) atoms. The Labute approximate surface area is 321 Å². The predicted octanol–water partition coefficient (Wildman–Crippen LogP) is 12.8. The summed E-state index contributed by atoms with van der Waals surface area (Å²) < 4.78 is 4.88. The third kappa shape index (κ3) is 4.46. The number of hydrogen-bond acceptors (Lipinski definition) is 3. The van der Waals surface area contributed by atoms with Gasteiger partial charge in [-0.05, 0) is 52.9 Å². The van der Waals surface area contributed by atoms with Crippen LogP contribution in [-0.2, 0) is 0 Å². The van der Waals surface area contributed by atoms with Crippen LogP contribution in [0.1, 0.15) is 0 Å². The molecule has 0 fully saturated rings. The number of fused-ring (bicyclic) bond motifs is 5. The molecule has 0 unspecified atom stereocenters. The van der Waals surface area contributed by atoms with Gasteiger partial charge in [0.15, 0.2) is 17.5 Å². The van der Waals surface area contributed by atoms with Crippen LogP contribution < -0.4 is 0 Å². The molecule has 0 radical (unpaired) electrons. The molecule has 5 heteroatoms. The molecule has 0 saturated heterocycles. The van der Waals surface area contributed by atoms with Crippen molar-refractivity contribution in [2.75, 3.05) is 0 Å². The summed E-state index contributed by atoms with van der Waals surface area (Å²) in [4.78, 5) is 15.5. The lowest BCUT2D eigenvalue weighted by Crippen LogP contribution is -2.03. The summed E-state index contributed by atoms with van der Waals surface area (Å²) in [5, 5.41) is 7.47. The Morgan fingerprint density at radius 1 is 0.304 bits per heavy atom. The molecule has 5 nitrogen and oxygen atoms in total. The Morgan fingerprint density at radius 3 is 1.57 bits per heavy atom. The third-order valence-electron chi connectivity index (χ3n) is 11.3. The van der Waals surface area contributed by atoms with Gasteiger partial charge in [0, 0.05) is 43.6 Å². The van der Waals surface area contributed by atoms with E-state index in [1.165, 1.54) is 54.4 Å². The van der Waals surface area contributed by atoms with Gasteiger partial charge in [-0.15, -0.1) is 0 Å². The Kier molecular flexibility index (Phi) is 6.56. The highest BCUT2D eigenvalue weighted by Gasteiger charge is 2.24. The van der Waals surface area contributed by atoms with Crippen molar-refractivity contribution in [1.82, 2.24) is 23.9 Å². The maximum absolute atomic E-state index is 5.24. The molecule has 0 saturated carbocycles. The number of para-hydroxylation sites is 3. The van der Waals surface area contributed by atoms with E-state index in [1.807, 2.05) is 24.3 Å². The Balaban J connectivity index is 1.13. The van der Waals surface area contributed by atoms with E-state index in [0.717, 1.165) is 39.0 Å². The zero-order chi connectivity index (χ0) is 36.7. The fraction of sp³-hybridized carbons (Fsp3) is 0. The SMILES string of the molecule is c1ccc(-c2ccc(-c3nc(-c4ccccc4)nc(-c4ccccc4-n4c5cccc6c7cccc8c9ccccc9n(c9cccc4c9c65)c78)n3)cc2)cc1. The number of benzene rings is 8. The molecule has 0 amide bonds. The average Bonchev–Trinajstić information content (AvgIpc) is 3.76. The molecule has 8 aromatic carbocycles. The lowest BCUT2D eigenvalue weighted by atomic mass is 10.0. The van der Waals surface area contributed by atoms with Crippen LogP contribution in [-0.4, -0.2) is 23.9 Å². The minimum Gasteiger partial charge on any atom is -0.308 e. The molecule has 0 aliphatic rings. The second-order valence-corrected chi connectivity index (χ2v) is 14.4. The smallest absolute Gasteiger partial charge is 0.166 e. The maximum atomic E-state index is 5.24. The first-order valence-corrected chi connectivity index (χ1v) is 19.0. The van der Waals surface area contributed by atoms with Gasteiger partial charge in [-0.3, -0.25) is 0 Å². The summed E-state index contributed by atoms with van der Waals surface area (Å²) >= 11 is 0. The summed E-state index contributed by atoms with van der Waals surface area (Å²) in [5.41, 5.74) is 12.0. The van der Waals surface area contributed by atoms with Gasteiger partial charge in [0.1, 0.15) is 0 Å². The van der Waals surface area contributed by atoms with Gasteiger partial charge in [0.05, 0.1) is 33.3 Å². The summed E-state index contributed by atoms with van der Waals surface area (Å²) in [5.74, 6) is 1.88. The predicted molar refractivity (Wildman–Crippen MR) is 231 cm³/mol. The van der Waals surface area contributed by atoms with Crippen LogP contribution >= 0.6 is 0 Å². The van der Waals surface area contributed by atoms with Crippen LogP contribution in [0.4, 0.5) is 0 Å². The molecule has 260 valence electrons. The van der Waals surface area contributed by atoms with Crippen molar-refractivity contribution in [3.05, 3.63) is 188 Å². The molecule has 0 aliphatic carbocycles. The van der Waals surface area contributed by atoms with E-state index in [9.17, 15) is 0 Å². The zero-order valence-corrected chi connectivity index (χ0v) is 30.1. The van der Waals surface area contributed by atoms with E-state index >= 15 is 0 Å². The first kappa shape index (κ1) is 30.8. The summed E-state index contributed by atoms with van der Waals surface area (Å²) in [6, 6.07) is 66.6. The van der Waals surface area contributed by atoms with E-state index in [-0.39, 0.29) is 0 Å². The monoisotopic (exact) mass is 713 g/mol. The van der Waals surface area contributed by atoms with Crippen molar-refractivity contribution in [3.8, 4) is 51.0 Å². The highest BCUT2D eigenvalue weighted by Crippen LogP contribution is 2.45. The van der Waals surface area contributed by atoms with Gasteiger partial charge < -0.3 is 8.97 Å². The molecule has 0 N–H and O–H groups in total. The topological polar surface area (TPSA) is 48.0 Å². The second-order valence-electron chi connectivity index (χ2n) is 14.4. The van der Waals surface area contributed by atoms with E-state index in [4.69, 9.17) is 15.0 Å². The molecule has 0 aliphatic heterocycles. The van der Waals surface area contributed by atoms with Gasteiger partial charge in [0.2, 0.25) is 0 Å². The van der Waals surface area contributed by atoms with Crippen molar-refractivity contribution >= 4 is 59.9 Å². The van der Waals surface area contributed by atoms with Crippen LogP contribution in [0.2, 0.25) is 0 Å². The molecule has 0 bridgehead atoms. The lowest BCUT2D eigenvalue weighted by Gasteiger charge is -2.15. The highest BCUT2D eigenvalue weighted by molar-refractivity contribution is 6.31.